The number of hydrogen-bond acceptors (Lipinski definition) is 3. The first kappa shape index (κ1) is 28.5. The number of unbranched alkanes of at least 4 members (excludes halogenated alkanes) is 1. The lowest BCUT2D eigenvalue weighted by Gasteiger charge is -2.29. The average molecular weight is 572 g/mol. The molecule has 0 heterocycles. The van der Waals surface area contributed by atoms with E-state index in [1.54, 1.807) is 25.1 Å². The van der Waals surface area contributed by atoms with Gasteiger partial charge in [0.15, 0.2) is 6.61 Å². The second-order valence-corrected chi connectivity index (χ2v) is 10.9. The summed E-state index contributed by atoms with van der Waals surface area (Å²) in [5.41, 5.74) is 1.72. The Hall–Kier alpha value is -1.76. The van der Waals surface area contributed by atoms with Gasteiger partial charge in [-0.2, -0.15) is 0 Å². The number of carbonyl (C=O) groups is 2. The average Bonchev–Trinajstić information content (AvgIpc) is 2.77. The van der Waals surface area contributed by atoms with Gasteiger partial charge in [0.25, 0.3) is 5.91 Å². The normalized spacial score (nSPS) is 12.2. The summed E-state index contributed by atoms with van der Waals surface area (Å²) in [5, 5.41) is 3.76. The fourth-order valence-corrected chi connectivity index (χ4v) is 4.29. The van der Waals surface area contributed by atoms with Crippen molar-refractivity contribution in [1.29, 1.82) is 0 Å². The molecule has 0 radical (unpaired) electrons. The molecule has 2 aromatic carbocycles. The van der Waals surface area contributed by atoms with Crippen LogP contribution in [0, 0.1) is 0 Å². The molecule has 2 amide bonds. The summed E-state index contributed by atoms with van der Waals surface area (Å²) in [7, 11) is 0. The number of amides is 2. The number of nitrogens with zero attached hydrogens (tertiary/aromatic N) is 1. The second kappa shape index (κ2) is 12.8. The maximum atomic E-state index is 13.3. The maximum Gasteiger partial charge on any atom is 0.261 e. The molecule has 186 valence electrons. The molecule has 0 aliphatic rings. The summed E-state index contributed by atoms with van der Waals surface area (Å²) in [6.07, 6.45) is 1.83. The minimum absolute atomic E-state index is 0.0115. The summed E-state index contributed by atoms with van der Waals surface area (Å²) >= 11 is 16.2. The SMILES string of the molecule is CCCCNC(=O)[C@H](C)N(Cc1c(Cl)cccc1Cl)C(=O)COc1ccc(C(C)(C)C)cc1Br. The molecule has 1 atom stereocenters. The van der Waals surface area contributed by atoms with Crippen LogP contribution in [0.25, 0.3) is 0 Å². The van der Waals surface area contributed by atoms with Crippen LogP contribution in [0.4, 0.5) is 0 Å². The van der Waals surface area contributed by atoms with Crippen molar-refractivity contribution in [3.63, 3.8) is 0 Å². The number of ether oxygens (including phenoxy) is 1. The zero-order valence-corrected chi connectivity index (χ0v) is 23.5. The molecule has 0 saturated heterocycles. The Morgan fingerprint density at radius 1 is 1.15 bits per heavy atom. The van der Waals surface area contributed by atoms with Gasteiger partial charge in [0, 0.05) is 28.7 Å². The lowest BCUT2D eigenvalue weighted by molar-refractivity contribution is -0.142. The predicted octanol–water partition coefficient (Wildman–Crippen LogP) is 6.77. The zero-order valence-electron chi connectivity index (χ0n) is 20.4. The molecule has 8 heteroatoms. The Morgan fingerprint density at radius 3 is 2.35 bits per heavy atom. The lowest BCUT2D eigenvalue weighted by Crippen LogP contribution is -2.49. The van der Waals surface area contributed by atoms with Crippen molar-refractivity contribution in [1.82, 2.24) is 10.2 Å². The number of carbonyl (C=O) groups excluding carboxylic acids is 2. The first-order chi connectivity index (χ1) is 16.0. The highest BCUT2D eigenvalue weighted by Gasteiger charge is 2.28. The fraction of sp³-hybridized carbons (Fsp3) is 0.462. The second-order valence-electron chi connectivity index (χ2n) is 9.23. The summed E-state index contributed by atoms with van der Waals surface area (Å²) in [4.78, 5) is 27.5. The molecular formula is C26H33BrCl2N2O3. The Morgan fingerprint density at radius 2 is 1.79 bits per heavy atom. The highest BCUT2D eigenvalue weighted by molar-refractivity contribution is 9.10. The fourth-order valence-electron chi connectivity index (χ4n) is 3.28. The number of rotatable bonds is 10. The van der Waals surface area contributed by atoms with Gasteiger partial charge in [0.1, 0.15) is 11.8 Å². The number of halogens is 3. The van der Waals surface area contributed by atoms with E-state index in [1.807, 2.05) is 25.1 Å². The number of benzene rings is 2. The van der Waals surface area contributed by atoms with E-state index in [-0.39, 0.29) is 30.4 Å². The Kier molecular flexibility index (Phi) is 10.7. The number of hydrogen-bond donors (Lipinski definition) is 1. The molecule has 34 heavy (non-hydrogen) atoms. The molecule has 2 aromatic rings. The van der Waals surface area contributed by atoms with Gasteiger partial charge in [-0.1, -0.05) is 69.5 Å². The molecule has 5 nitrogen and oxygen atoms in total. The largest absolute Gasteiger partial charge is 0.483 e. The third kappa shape index (κ3) is 7.89. The van der Waals surface area contributed by atoms with Gasteiger partial charge in [-0.05, 0) is 64.5 Å². The predicted molar refractivity (Wildman–Crippen MR) is 143 cm³/mol. The maximum absolute atomic E-state index is 13.3. The molecule has 0 aliphatic carbocycles. The van der Waals surface area contributed by atoms with Gasteiger partial charge in [-0.25, -0.2) is 0 Å². The van der Waals surface area contributed by atoms with Crippen LogP contribution in [0.2, 0.25) is 10.0 Å². The van der Waals surface area contributed by atoms with Gasteiger partial charge < -0.3 is 15.0 Å². The van der Waals surface area contributed by atoms with Crippen LogP contribution >= 0.6 is 39.1 Å². The van der Waals surface area contributed by atoms with E-state index >= 15 is 0 Å². The third-order valence-corrected chi connectivity index (χ3v) is 6.86. The van der Waals surface area contributed by atoms with Crippen LogP contribution in [0.3, 0.4) is 0 Å². The minimum atomic E-state index is -0.730. The van der Waals surface area contributed by atoms with E-state index in [0.29, 0.717) is 27.9 Å². The van der Waals surface area contributed by atoms with Crippen molar-refractivity contribution in [3.8, 4) is 5.75 Å². The van der Waals surface area contributed by atoms with E-state index in [0.717, 1.165) is 22.9 Å². The zero-order chi connectivity index (χ0) is 25.5. The molecule has 0 fully saturated rings. The summed E-state index contributed by atoms with van der Waals surface area (Å²) in [6.45, 7) is 10.5. The van der Waals surface area contributed by atoms with Crippen LogP contribution in [-0.4, -0.2) is 35.9 Å². The summed E-state index contributed by atoms with van der Waals surface area (Å²) in [5.74, 6) is -0.0289. The Balaban J connectivity index is 2.22. The van der Waals surface area contributed by atoms with Crippen molar-refractivity contribution < 1.29 is 14.3 Å². The van der Waals surface area contributed by atoms with E-state index < -0.39 is 6.04 Å². The third-order valence-electron chi connectivity index (χ3n) is 5.54. The van der Waals surface area contributed by atoms with Crippen molar-refractivity contribution in [2.24, 2.45) is 0 Å². The molecule has 0 bridgehead atoms. The van der Waals surface area contributed by atoms with Gasteiger partial charge in [0.2, 0.25) is 5.91 Å². The molecule has 0 saturated carbocycles. The summed E-state index contributed by atoms with van der Waals surface area (Å²) in [6, 6.07) is 10.2. The van der Waals surface area contributed by atoms with Crippen molar-refractivity contribution in [3.05, 3.63) is 62.0 Å². The van der Waals surface area contributed by atoms with Crippen LogP contribution < -0.4 is 10.1 Å². The van der Waals surface area contributed by atoms with Gasteiger partial charge in [-0.3, -0.25) is 9.59 Å². The van der Waals surface area contributed by atoms with Gasteiger partial charge in [-0.15, -0.1) is 0 Å². The van der Waals surface area contributed by atoms with E-state index in [2.05, 4.69) is 42.0 Å². The highest BCUT2D eigenvalue weighted by atomic mass is 79.9. The molecule has 1 N–H and O–H groups in total. The van der Waals surface area contributed by atoms with Gasteiger partial charge in [0.05, 0.1) is 4.47 Å². The molecule has 0 spiro atoms. The van der Waals surface area contributed by atoms with E-state index in [4.69, 9.17) is 27.9 Å². The molecule has 0 aliphatic heterocycles. The van der Waals surface area contributed by atoms with Crippen molar-refractivity contribution in [2.75, 3.05) is 13.2 Å². The van der Waals surface area contributed by atoms with Crippen LogP contribution in [0.5, 0.6) is 5.75 Å². The van der Waals surface area contributed by atoms with Crippen molar-refractivity contribution >= 4 is 50.9 Å². The van der Waals surface area contributed by atoms with Crippen molar-refractivity contribution in [2.45, 2.75) is 65.5 Å². The molecule has 0 aromatic heterocycles. The quantitative estimate of drug-likeness (QED) is 0.320. The standard InChI is InChI=1S/C26H33BrCl2N2O3/c1-6-7-13-30-25(33)17(2)31(15-19-21(28)9-8-10-22(19)29)24(32)16-34-23-12-11-18(14-20(23)27)26(3,4)5/h8-12,14,17H,6-7,13,15-16H2,1-5H3,(H,30,33)/t17-/m0/s1. The lowest BCUT2D eigenvalue weighted by atomic mass is 9.87. The van der Waals surface area contributed by atoms with E-state index in [9.17, 15) is 9.59 Å². The Labute approximate surface area is 221 Å². The molecule has 0 unspecified atom stereocenters. The van der Waals surface area contributed by atoms with E-state index in [1.165, 1.54) is 4.90 Å². The Bertz CT molecular complexity index is 988. The first-order valence-electron chi connectivity index (χ1n) is 11.4. The summed E-state index contributed by atoms with van der Waals surface area (Å²) < 4.78 is 6.60. The number of nitrogens with one attached hydrogen (secondary N) is 1. The smallest absolute Gasteiger partial charge is 0.261 e. The molecule has 2 rings (SSSR count). The van der Waals surface area contributed by atoms with Gasteiger partial charge >= 0.3 is 0 Å². The van der Waals surface area contributed by atoms with Crippen LogP contribution in [0.15, 0.2) is 40.9 Å². The molecular weight excluding hydrogens is 539 g/mol. The minimum Gasteiger partial charge on any atom is -0.483 e. The van der Waals surface area contributed by atoms with Crippen LogP contribution in [-0.2, 0) is 21.5 Å². The first-order valence-corrected chi connectivity index (χ1v) is 12.9. The monoisotopic (exact) mass is 570 g/mol. The highest BCUT2D eigenvalue weighted by Crippen LogP contribution is 2.32. The topological polar surface area (TPSA) is 58.6 Å². The van der Waals surface area contributed by atoms with Crippen LogP contribution in [0.1, 0.15) is 58.6 Å².